The maximum absolute atomic E-state index is 13.2. The summed E-state index contributed by atoms with van der Waals surface area (Å²) in [6.45, 7) is 6.10. The van der Waals surface area contributed by atoms with Crippen molar-refractivity contribution in [2.75, 3.05) is 23.3 Å². The summed E-state index contributed by atoms with van der Waals surface area (Å²) in [6, 6.07) is 5.46. The van der Waals surface area contributed by atoms with Crippen LogP contribution in [-0.4, -0.2) is 39.2 Å². The fourth-order valence-electron chi connectivity index (χ4n) is 5.73. The molecular formula is C31H36F3N7. The fourth-order valence-corrected chi connectivity index (χ4v) is 5.73. The third-order valence-electron chi connectivity index (χ3n) is 7.60. The van der Waals surface area contributed by atoms with Gasteiger partial charge in [-0.05, 0) is 61.4 Å². The average Bonchev–Trinajstić information content (AvgIpc) is 3.20. The molecule has 2 aliphatic rings. The van der Waals surface area contributed by atoms with Crippen LogP contribution in [0.15, 0.2) is 41.7 Å². The highest BCUT2D eigenvalue weighted by Crippen LogP contribution is 2.33. The number of alkyl halides is 3. The van der Waals surface area contributed by atoms with Crippen molar-refractivity contribution in [1.29, 1.82) is 0 Å². The van der Waals surface area contributed by atoms with Gasteiger partial charge in [-0.15, -0.1) is 0 Å². The summed E-state index contributed by atoms with van der Waals surface area (Å²) >= 11 is 0. The minimum Gasteiger partial charge on any atom is -0.356 e. The first-order chi connectivity index (χ1) is 19.9. The van der Waals surface area contributed by atoms with Crippen LogP contribution in [0.5, 0.6) is 0 Å². The first-order valence-electron chi connectivity index (χ1n) is 14.5. The number of nitrogens with one attached hydrogen (secondary N) is 1. The molecule has 0 unspecified atom stereocenters. The Morgan fingerprint density at radius 3 is 2.34 bits per heavy atom. The Morgan fingerprint density at radius 2 is 1.63 bits per heavy atom. The minimum atomic E-state index is -4.46. The average molecular weight is 564 g/mol. The summed E-state index contributed by atoms with van der Waals surface area (Å²) in [4.78, 5) is 25.5. The van der Waals surface area contributed by atoms with Crippen LogP contribution in [0.3, 0.4) is 0 Å². The van der Waals surface area contributed by atoms with Gasteiger partial charge < -0.3 is 10.2 Å². The van der Waals surface area contributed by atoms with E-state index in [4.69, 9.17) is 9.97 Å². The van der Waals surface area contributed by atoms with Gasteiger partial charge >= 0.3 is 6.18 Å². The molecule has 1 aliphatic heterocycles. The zero-order chi connectivity index (χ0) is 28.8. The Hall–Kier alpha value is -3.82. The molecule has 0 radical (unpaired) electrons. The number of hydrogen-bond acceptors (Lipinski definition) is 7. The molecule has 1 aliphatic carbocycles. The largest absolute Gasteiger partial charge is 0.416 e. The van der Waals surface area contributed by atoms with Crippen LogP contribution in [0.1, 0.15) is 70.8 Å². The summed E-state index contributed by atoms with van der Waals surface area (Å²) in [5.41, 5.74) is 1.30. The van der Waals surface area contributed by atoms with E-state index >= 15 is 0 Å². The molecule has 216 valence electrons. The second-order valence-electron chi connectivity index (χ2n) is 10.6. The van der Waals surface area contributed by atoms with E-state index < -0.39 is 11.7 Å². The number of halogens is 3. The number of nitrogens with zero attached hydrogens (tertiary/aromatic N) is 6. The molecule has 1 saturated carbocycles. The van der Waals surface area contributed by atoms with Crippen molar-refractivity contribution in [2.45, 2.75) is 71.4 Å². The summed E-state index contributed by atoms with van der Waals surface area (Å²) in [5, 5.41) is 4.82. The normalized spacial score (nSPS) is 15.7. The summed E-state index contributed by atoms with van der Waals surface area (Å²) < 4.78 is 39.6. The van der Waals surface area contributed by atoms with Gasteiger partial charge in [0.15, 0.2) is 5.82 Å². The quantitative estimate of drug-likeness (QED) is 0.331. The Bertz CT molecular complexity index is 1500. The Balaban J connectivity index is 1.62. The Morgan fingerprint density at radius 1 is 0.927 bits per heavy atom. The zero-order valence-electron chi connectivity index (χ0n) is 23.6. The standard InChI is InChI=1S/C31H36F3N7/c1-3-16-41(17-4-2)30-28-24(21-8-6-5-7-9-21)12-13-35-20-25(28)38-29(40-30)22-10-14-36-26(18-22)39-27-19-23(11-15-37-27)31(32,33)34/h10-11,13-15,18-21H,3-9,12,16-17H2,1-2H3,(H,36,37,39). The number of anilines is 3. The van der Waals surface area contributed by atoms with Crippen molar-refractivity contribution < 1.29 is 13.2 Å². The van der Waals surface area contributed by atoms with Crippen molar-refractivity contribution in [3.05, 3.63) is 52.8 Å². The third kappa shape index (κ3) is 6.74. The molecule has 0 saturated heterocycles. The van der Waals surface area contributed by atoms with E-state index in [9.17, 15) is 13.2 Å². The molecule has 5 rings (SSSR count). The van der Waals surface area contributed by atoms with Crippen LogP contribution in [0, 0.1) is 5.92 Å². The molecule has 0 spiro atoms. The molecule has 10 heteroatoms. The molecule has 0 atom stereocenters. The first-order valence-corrected chi connectivity index (χ1v) is 14.5. The van der Waals surface area contributed by atoms with Crippen LogP contribution in [0.4, 0.5) is 30.6 Å². The van der Waals surface area contributed by atoms with Crippen LogP contribution in [0.25, 0.3) is 23.2 Å². The minimum absolute atomic E-state index is 0.0551. The lowest BCUT2D eigenvalue weighted by Crippen LogP contribution is -2.41. The second kappa shape index (κ2) is 12.8. The van der Waals surface area contributed by atoms with Crippen molar-refractivity contribution >= 4 is 35.4 Å². The summed E-state index contributed by atoms with van der Waals surface area (Å²) in [7, 11) is 0. The van der Waals surface area contributed by atoms with E-state index in [0.29, 0.717) is 23.1 Å². The number of aromatic nitrogens is 4. The lowest BCUT2D eigenvalue weighted by atomic mass is 9.81. The highest BCUT2D eigenvalue weighted by molar-refractivity contribution is 5.77. The lowest BCUT2D eigenvalue weighted by molar-refractivity contribution is -0.137. The van der Waals surface area contributed by atoms with Gasteiger partial charge in [0.25, 0.3) is 0 Å². The molecule has 1 fully saturated rings. The van der Waals surface area contributed by atoms with Gasteiger partial charge in [-0.3, -0.25) is 4.99 Å². The van der Waals surface area contributed by atoms with E-state index in [-0.39, 0.29) is 5.82 Å². The van der Waals surface area contributed by atoms with E-state index in [1.54, 1.807) is 12.3 Å². The topological polar surface area (TPSA) is 79.2 Å². The molecule has 0 aromatic carbocycles. The Kier molecular flexibility index (Phi) is 8.95. The molecule has 4 heterocycles. The summed E-state index contributed by atoms with van der Waals surface area (Å²) in [5.74, 6) is 2.36. The maximum atomic E-state index is 13.2. The van der Waals surface area contributed by atoms with Gasteiger partial charge in [0, 0.05) is 48.9 Å². The van der Waals surface area contributed by atoms with Crippen LogP contribution in [-0.2, 0) is 6.18 Å². The van der Waals surface area contributed by atoms with Gasteiger partial charge in [0.05, 0.1) is 17.1 Å². The first kappa shape index (κ1) is 28.7. The number of hydrogen-bond donors (Lipinski definition) is 1. The zero-order valence-corrected chi connectivity index (χ0v) is 23.6. The van der Waals surface area contributed by atoms with E-state index in [0.717, 1.165) is 67.1 Å². The number of aliphatic imine (C=N–C) groups is 1. The van der Waals surface area contributed by atoms with E-state index in [1.807, 2.05) is 18.5 Å². The molecule has 3 aromatic heterocycles. The smallest absolute Gasteiger partial charge is 0.356 e. The van der Waals surface area contributed by atoms with Crippen molar-refractivity contribution in [3.8, 4) is 11.4 Å². The molecule has 41 heavy (non-hydrogen) atoms. The number of fused-ring (bicyclic) bond motifs is 1. The highest BCUT2D eigenvalue weighted by atomic mass is 19.4. The molecule has 0 bridgehead atoms. The molecule has 0 amide bonds. The molecular weight excluding hydrogens is 527 g/mol. The van der Waals surface area contributed by atoms with Crippen LogP contribution >= 0.6 is 0 Å². The van der Waals surface area contributed by atoms with Crippen LogP contribution < -0.4 is 20.8 Å². The number of pyridine rings is 2. The van der Waals surface area contributed by atoms with Gasteiger partial charge in [0.1, 0.15) is 17.5 Å². The molecule has 7 nitrogen and oxygen atoms in total. The molecule has 1 N–H and O–H groups in total. The van der Waals surface area contributed by atoms with Crippen molar-refractivity contribution in [2.24, 2.45) is 10.9 Å². The van der Waals surface area contributed by atoms with E-state index in [1.165, 1.54) is 37.7 Å². The van der Waals surface area contributed by atoms with E-state index in [2.05, 4.69) is 39.0 Å². The number of rotatable bonds is 9. The Labute approximate surface area is 238 Å². The SMILES string of the molecule is CCCN(CCC)c1nc(-c2ccnc(Nc3cc(C(F)(F)F)ccn3)c2)nc2c1=C(C1CCCCC1)CC=NC=2. The second-order valence-corrected chi connectivity index (χ2v) is 10.6. The van der Waals surface area contributed by atoms with Crippen LogP contribution in [0.2, 0.25) is 0 Å². The van der Waals surface area contributed by atoms with Gasteiger partial charge in [-0.2, -0.15) is 13.2 Å². The third-order valence-corrected chi connectivity index (χ3v) is 7.60. The van der Waals surface area contributed by atoms with Gasteiger partial charge in [-0.25, -0.2) is 19.9 Å². The fraction of sp³-hybridized carbons (Fsp3) is 0.452. The maximum Gasteiger partial charge on any atom is 0.416 e. The molecule has 3 aromatic rings. The predicted octanol–water partition coefficient (Wildman–Crippen LogP) is 6.27. The van der Waals surface area contributed by atoms with Gasteiger partial charge in [-0.1, -0.05) is 33.1 Å². The van der Waals surface area contributed by atoms with Crippen molar-refractivity contribution in [3.63, 3.8) is 0 Å². The monoisotopic (exact) mass is 563 g/mol. The lowest BCUT2D eigenvalue weighted by Gasteiger charge is -2.27. The summed E-state index contributed by atoms with van der Waals surface area (Å²) in [6.07, 6.45) is 11.0. The highest BCUT2D eigenvalue weighted by Gasteiger charge is 2.31. The van der Waals surface area contributed by atoms with Gasteiger partial charge in [0.2, 0.25) is 0 Å². The van der Waals surface area contributed by atoms with Crippen molar-refractivity contribution in [1.82, 2.24) is 19.9 Å². The predicted molar refractivity (Wildman–Crippen MR) is 157 cm³/mol.